The molecule has 0 saturated carbocycles. The van der Waals surface area contributed by atoms with Crippen LogP contribution in [-0.4, -0.2) is 75.0 Å². The van der Waals surface area contributed by atoms with E-state index in [9.17, 15) is 14.9 Å². The SMILES string of the molecule is O=C(CCn1cnc([N+](=O)[O-])n1)NNC(=S)NCCCN1CCOCC1. The van der Waals surface area contributed by atoms with Gasteiger partial charge >= 0.3 is 5.95 Å². The van der Waals surface area contributed by atoms with Crippen LogP contribution in [0.3, 0.4) is 0 Å². The summed E-state index contributed by atoms with van der Waals surface area (Å²) in [6.07, 6.45) is 2.22. The number of aromatic nitrogens is 3. The van der Waals surface area contributed by atoms with E-state index in [1.54, 1.807) is 0 Å². The molecular weight excluding hydrogens is 364 g/mol. The molecule has 1 fully saturated rings. The van der Waals surface area contributed by atoms with Gasteiger partial charge in [0.1, 0.15) is 0 Å². The molecule has 1 aromatic heterocycles. The maximum Gasteiger partial charge on any atom is 0.490 e. The van der Waals surface area contributed by atoms with Crippen molar-refractivity contribution in [1.29, 1.82) is 0 Å². The second-order valence-corrected chi connectivity index (χ2v) is 5.96. The molecule has 0 aliphatic carbocycles. The highest BCUT2D eigenvalue weighted by atomic mass is 32.1. The maximum atomic E-state index is 11.7. The predicted molar refractivity (Wildman–Crippen MR) is 95.0 cm³/mol. The fourth-order valence-corrected chi connectivity index (χ4v) is 2.41. The third-order valence-corrected chi connectivity index (χ3v) is 3.86. The number of ether oxygens (including phenoxy) is 1. The highest BCUT2D eigenvalue weighted by Crippen LogP contribution is 2.00. The third-order valence-electron chi connectivity index (χ3n) is 3.61. The summed E-state index contributed by atoms with van der Waals surface area (Å²) in [7, 11) is 0. The highest BCUT2D eigenvalue weighted by Gasteiger charge is 2.14. The van der Waals surface area contributed by atoms with Crippen LogP contribution < -0.4 is 16.2 Å². The molecule has 26 heavy (non-hydrogen) atoms. The van der Waals surface area contributed by atoms with E-state index in [0.29, 0.717) is 11.7 Å². The Morgan fingerprint density at radius 2 is 2.12 bits per heavy atom. The minimum atomic E-state index is -0.693. The number of hydrazine groups is 1. The molecule has 1 aliphatic rings. The Bertz CT molecular complexity index is 619. The van der Waals surface area contributed by atoms with Crippen LogP contribution in [0.1, 0.15) is 12.8 Å². The summed E-state index contributed by atoms with van der Waals surface area (Å²) in [5, 5.41) is 17.4. The molecule has 0 bridgehead atoms. The van der Waals surface area contributed by atoms with E-state index in [1.165, 1.54) is 11.0 Å². The van der Waals surface area contributed by atoms with Gasteiger partial charge in [0, 0.05) is 31.2 Å². The number of hydrogen-bond donors (Lipinski definition) is 3. The van der Waals surface area contributed by atoms with Gasteiger partial charge in [-0.3, -0.25) is 20.5 Å². The van der Waals surface area contributed by atoms with Gasteiger partial charge in [-0.15, -0.1) is 0 Å². The molecule has 0 unspecified atom stereocenters. The topological polar surface area (TPSA) is 139 Å². The Balaban J connectivity index is 1.52. The van der Waals surface area contributed by atoms with Crippen LogP contribution in [0.25, 0.3) is 0 Å². The smallest absolute Gasteiger partial charge is 0.390 e. The van der Waals surface area contributed by atoms with Crippen LogP contribution >= 0.6 is 12.2 Å². The Morgan fingerprint density at radius 3 is 2.81 bits per heavy atom. The molecule has 13 heteroatoms. The normalized spacial score (nSPS) is 14.6. The van der Waals surface area contributed by atoms with E-state index < -0.39 is 10.9 Å². The van der Waals surface area contributed by atoms with Crippen molar-refractivity contribution in [3.05, 3.63) is 16.4 Å². The van der Waals surface area contributed by atoms with Crippen molar-refractivity contribution in [2.75, 3.05) is 39.4 Å². The van der Waals surface area contributed by atoms with Gasteiger partial charge in [-0.2, -0.15) is 4.68 Å². The lowest BCUT2D eigenvalue weighted by molar-refractivity contribution is -0.394. The Labute approximate surface area is 155 Å². The summed E-state index contributed by atoms with van der Waals surface area (Å²) in [5.41, 5.74) is 5.07. The van der Waals surface area contributed by atoms with Gasteiger partial charge in [0.15, 0.2) is 5.11 Å². The van der Waals surface area contributed by atoms with Crippen LogP contribution in [0.15, 0.2) is 6.33 Å². The lowest BCUT2D eigenvalue weighted by Gasteiger charge is -2.26. The number of nitrogens with one attached hydrogen (secondary N) is 3. The molecular formula is C13H22N8O4S. The van der Waals surface area contributed by atoms with Crippen LogP contribution in [0.5, 0.6) is 0 Å². The zero-order valence-corrected chi connectivity index (χ0v) is 15.0. The first-order valence-corrected chi connectivity index (χ1v) is 8.62. The van der Waals surface area contributed by atoms with E-state index in [0.717, 1.165) is 39.3 Å². The Hall–Kier alpha value is -2.38. The first-order chi connectivity index (χ1) is 12.5. The zero-order chi connectivity index (χ0) is 18.8. The number of nitro groups is 1. The molecule has 2 heterocycles. The van der Waals surface area contributed by atoms with Gasteiger partial charge in [0.05, 0.1) is 19.8 Å². The van der Waals surface area contributed by atoms with Crippen LogP contribution in [0.4, 0.5) is 5.95 Å². The molecule has 1 amide bonds. The van der Waals surface area contributed by atoms with Crippen LogP contribution in [-0.2, 0) is 16.1 Å². The van der Waals surface area contributed by atoms with Crippen molar-refractivity contribution < 1.29 is 14.5 Å². The first-order valence-electron chi connectivity index (χ1n) is 8.21. The average molecular weight is 386 g/mol. The fourth-order valence-electron chi connectivity index (χ4n) is 2.25. The summed E-state index contributed by atoms with van der Waals surface area (Å²) >= 11 is 5.08. The number of morpholine rings is 1. The zero-order valence-electron chi connectivity index (χ0n) is 14.2. The maximum absolute atomic E-state index is 11.7. The average Bonchev–Trinajstić information content (AvgIpc) is 3.12. The predicted octanol–water partition coefficient (Wildman–Crippen LogP) is -1.21. The number of nitrogens with zero attached hydrogens (tertiary/aromatic N) is 5. The van der Waals surface area contributed by atoms with Gasteiger partial charge in [-0.25, -0.2) is 0 Å². The van der Waals surface area contributed by atoms with Gasteiger partial charge < -0.3 is 20.2 Å². The quantitative estimate of drug-likeness (QED) is 0.216. The minimum Gasteiger partial charge on any atom is -0.390 e. The van der Waals surface area contributed by atoms with Crippen molar-refractivity contribution in [2.24, 2.45) is 0 Å². The summed E-state index contributed by atoms with van der Waals surface area (Å²) in [6, 6.07) is 0. The van der Waals surface area contributed by atoms with E-state index in [4.69, 9.17) is 17.0 Å². The molecule has 3 N–H and O–H groups in total. The van der Waals surface area contributed by atoms with E-state index in [2.05, 4.69) is 31.2 Å². The standard InChI is InChI=1S/C13H22N8O4S/c22-11(2-5-20-10-15-12(18-20)21(23)24)16-17-13(26)14-3-1-4-19-6-8-25-9-7-19/h10H,1-9H2,(H,16,22)(H2,14,17,26). The number of carbonyl (C=O) groups is 1. The van der Waals surface area contributed by atoms with Crippen molar-refractivity contribution in [3.8, 4) is 0 Å². The van der Waals surface area contributed by atoms with Gasteiger partial charge in [-0.1, -0.05) is 4.98 Å². The summed E-state index contributed by atoms with van der Waals surface area (Å²) in [4.78, 5) is 27.3. The first kappa shape index (κ1) is 19.9. The number of thiocarbonyl (C=S) groups is 1. The van der Waals surface area contributed by atoms with Crippen molar-refractivity contribution in [1.82, 2.24) is 35.8 Å². The number of hydrogen-bond acceptors (Lipinski definition) is 8. The molecule has 2 rings (SSSR count). The second kappa shape index (κ2) is 10.6. The minimum absolute atomic E-state index is 0.0765. The molecule has 0 atom stereocenters. The number of aryl methyl sites for hydroxylation is 1. The van der Waals surface area contributed by atoms with E-state index in [1.807, 2.05) is 0 Å². The molecule has 12 nitrogen and oxygen atoms in total. The lowest BCUT2D eigenvalue weighted by atomic mass is 10.3. The molecule has 0 spiro atoms. The molecule has 1 saturated heterocycles. The van der Waals surface area contributed by atoms with Gasteiger partial charge in [0.2, 0.25) is 12.2 Å². The molecule has 0 radical (unpaired) electrons. The van der Waals surface area contributed by atoms with E-state index in [-0.39, 0.29) is 18.9 Å². The number of carbonyl (C=O) groups excluding carboxylic acids is 1. The van der Waals surface area contributed by atoms with Crippen molar-refractivity contribution in [2.45, 2.75) is 19.4 Å². The van der Waals surface area contributed by atoms with Crippen LogP contribution in [0, 0.1) is 10.1 Å². The third kappa shape index (κ3) is 7.25. The molecule has 1 aliphatic heterocycles. The van der Waals surface area contributed by atoms with Crippen molar-refractivity contribution >= 4 is 29.2 Å². The molecule has 0 aromatic carbocycles. The Kier molecular flexibility index (Phi) is 8.11. The Morgan fingerprint density at radius 1 is 1.35 bits per heavy atom. The summed E-state index contributed by atoms with van der Waals surface area (Å²) in [5.74, 6) is -0.813. The second-order valence-electron chi connectivity index (χ2n) is 5.55. The fraction of sp³-hybridized carbons (Fsp3) is 0.692. The molecule has 144 valence electrons. The van der Waals surface area contributed by atoms with E-state index >= 15 is 0 Å². The van der Waals surface area contributed by atoms with Crippen LogP contribution in [0.2, 0.25) is 0 Å². The summed E-state index contributed by atoms with van der Waals surface area (Å²) < 4.78 is 6.53. The van der Waals surface area contributed by atoms with Crippen molar-refractivity contribution in [3.63, 3.8) is 0 Å². The van der Waals surface area contributed by atoms with Gasteiger partial charge in [0.25, 0.3) is 0 Å². The highest BCUT2D eigenvalue weighted by molar-refractivity contribution is 7.80. The monoisotopic (exact) mass is 386 g/mol. The number of rotatable bonds is 8. The molecule has 1 aromatic rings. The lowest BCUT2D eigenvalue weighted by Crippen LogP contribution is -2.47. The van der Waals surface area contributed by atoms with Gasteiger partial charge in [-0.05, 0) is 30.1 Å². The largest absolute Gasteiger partial charge is 0.490 e. The number of amides is 1. The summed E-state index contributed by atoms with van der Waals surface area (Å²) in [6.45, 7) is 5.30.